The lowest BCUT2D eigenvalue weighted by molar-refractivity contribution is -0.384. The Morgan fingerprint density at radius 1 is 1.19 bits per heavy atom. The third-order valence-electron chi connectivity index (χ3n) is 5.27. The van der Waals surface area contributed by atoms with Crippen molar-refractivity contribution in [3.63, 3.8) is 0 Å². The van der Waals surface area contributed by atoms with E-state index in [2.05, 4.69) is 5.32 Å². The van der Waals surface area contributed by atoms with Crippen LogP contribution in [-0.2, 0) is 16.1 Å². The van der Waals surface area contributed by atoms with Gasteiger partial charge in [0, 0.05) is 48.0 Å². The lowest BCUT2D eigenvalue weighted by Crippen LogP contribution is -2.45. The summed E-state index contributed by atoms with van der Waals surface area (Å²) >= 11 is 0. The summed E-state index contributed by atoms with van der Waals surface area (Å²) in [7, 11) is 0. The molecule has 1 aliphatic heterocycles. The Balaban J connectivity index is 1.45. The van der Waals surface area contributed by atoms with E-state index in [9.17, 15) is 19.3 Å². The zero-order valence-electron chi connectivity index (χ0n) is 17.2. The van der Waals surface area contributed by atoms with E-state index >= 15 is 0 Å². The van der Waals surface area contributed by atoms with Crippen molar-refractivity contribution in [2.75, 3.05) is 23.3 Å². The number of ether oxygens (including phenoxy) is 1. The minimum absolute atomic E-state index is 0.00315. The predicted molar refractivity (Wildman–Crippen MR) is 116 cm³/mol. The molecular formula is C22H23FN4O4. The van der Waals surface area contributed by atoms with Crippen molar-refractivity contribution in [1.29, 1.82) is 0 Å². The van der Waals surface area contributed by atoms with Crippen molar-refractivity contribution in [3.05, 3.63) is 64.6 Å². The average Bonchev–Trinajstić information content (AvgIpc) is 3.09. The van der Waals surface area contributed by atoms with Gasteiger partial charge in [0.05, 0.1) is 22.8 Å². The number of nitro groups is 1. The highest BCUT2D eigenvalue weighted by molar-refractivity contribution is 5.92. The number of nitro benzene ring substituents is 1. The molecule has 1 aliphatic rings. The molecule has 9 heteroatoms. The van der Waals surface area contributed by atoms with Gasteiger partial charge in [0.1, 0.15) is 12.4 Å². The quantitative estimate of drug-likeness (QED) is 0.493. The second-order valence-corrected chi connectivity index (χ2v) is 7.82. The van der Waals surface area contributed by atoms with E-state index in [1.54, 1.807) is 35.0 Å². The van der Waals surface area contributed by atoms with E-state index in [0.717, 1.165) is 0 Å². The predicted octanol–water partition coefficient (Wildman–Crippen LogP) is 3.94. The molecule has 0 unspecified atom stereocenters. The fourth-order valence-corrected chi connectivity index (χ4v) is 4.01. The van der Waals surface area contributed by atoms with Gasteiger partial charge in [-0.25, -0.2) is 4.39 Å². The third-order valence-corrected chi connectivity index (χ3v) is 5.27. The molecule has 31 heavy (non-hydrogen) atoms. The number of fused-ring (bicyclic) bond motifs is 1. The maximum Gasteiger partial charge on any atom is 0.270 e. The van der Waals surface area contributed by atoms with Crippen molar-refractivity contribution in [1.82, 2.24) is 4.57 Å². The van der Waals surface area contributed by atoms with Crippen LogP contribution < -0.4 is 10.2 Å². The van der Waals surface area contributed by atoms with Crippen LogP contribution in [0.1, 0.15) is 13.8 Å². The molecule has 4 rings (SSSR count). The molecule has 1 N–H and O–H groups in total. The van der Waals surface area contributed by atoms with Gasteiger partial charge in [-0.05, 0) is 44.2 Å². The number of hydrogen-bond acceptors (Lipinski definition) is 5. The van der Waals surface area contributed by atoms with Gasteiger partial charge in [0.15, 0.2) is 0 Å². The monoisotopic (exact) mass is 426 g/mol. The first-order valence-corrected chi connectivity index (χ1v) is 10.0. The number of aromatic nitrogens is 1. The lowest BCUT2D eigenvalue weighted by Gasteiger charge is -2.37. The normalized spacial score (nSPS) is 18.9. The van der Waals surface area contributed by atoms with E-state index < -0.39 is 10.7 Å². The van der Waals surface area contributed by atoms with Crippen LogP contribution in [-0.4, -0.2) is 40.7 Å². The van der Waals surface area contributed by atoms with E-state index in [1.165, 1.54) is 18.2 Å². The number of carbonyl (C=O) groups is 1. The number of benzene rings is 2. The van der Waals surface area contributed by atoms with Gasteiger partial charge in [-0.2, -0.15) is 0 Å². The van der Waals surface area contributed by atoms with E-state index in [4.69, 9.17) is 4.74 Å². The van der Waals surface area contributed by atoms with Crippen LogP contribution in [0.2, 0.25) is 0 Å². The molecular weight excluding hydrogens is 403 g/mol. The minimum Gasteiger partial charge on any atom is -0.372 e. The molecule has 8 nitrogen and oxygen atoms in total. The lowest BCUT2D eigenvalue weighted by atomic mass is 10.2. The van der Waals surface area contributed by atoms with Crippen molar-refractivity contribution in [3.8, 4) is 0 Å². The van der Waals surface area contributed by atoms with Crippen LogP contribution in [0, 0.1) is 15.9 Å². The summed E-state index contributed by atoms with van der Waals surface area (Å²) in [4.78, 5) is 24.9. The van der Waals surface area contributed by atoms with Gasteiger partial charge >= 0.3 is 0 Å². The van der Waals surface area contributed by atoms with Crippen LogP contribution >= 0.6 is 0 Å². The van der Waals surface area contributed by atoms with Crippen molar-refractivity contribution < 1.29 is 18.8 Å². The maximum absolute atomic E-state index is 14.7. The molecule has 2 aromatic carbocycles. The molecule has 162 valence electrons. The molecule has 1 saturated heterocycles. The number of rotatable bonds is 5. The SMILES string of the molecule is C[C@@H]1CN(c2ccc(NC(=O)Cn3ccc4cc([N+](=O)[O-])ccc43)cc2F)C[C@@H](C)O1. The average molecular weight is 426 g/mol. The molecule has 3 aromatic rings. The van der Waals surface area contributed by atoms with Crippen molar-refractivity contribution in [2.24, 2.45) is 0 Å². The van der Waals surface area contributed by atoms with Gasteiger partial charge < -0.3 is 19.5 Å². The number of carbonyl (C=O) groups excluding carboxylic acids is 1. The van der Waals surface area contributed by atoms with Gasteiger partial charge in [-0.3, -0.25) is 14.9 Å². The molecule has 0 bridgehead atoms. The van der Waals surface area contributed by atoms with Crippen molar-refractivity contribution in [2.45, 2.75) is 32.6 Å². The number of halogens is 1. The summed E-state index contributed by atoms with van der Waals surface area (Å²) in [5, 5.41) is 14.3. The summed E-state index contributed by atoms with van der Waals surface area (Å²) in [6.07, 6.45) is 1.72. The fourth-order valence-electron chi connectivity index (χ4n) is 4.01. The zero-order valence-corrected chi connectivity index (χ0v) is 17.2. The topological polar surface area (TPSA) is 89.6 Å². The molecule has 1 aromatic heterocycles. The second kappa shape index (κ2) is 8.35. The van der Waals surface area contributed by atoms with E-state index in [1.807, 2.05) is 18.7 Å². The number of anilines is 2. The first kappa shape index (κ1) is 20.8. The molecule has 2 heterocycles. The Bertz CT molecular complexity index is 1140. The Kier molecular flexibility index (Phi) is 5.60. The van der Waals surface area contributed by atoms with Crippen LogP contribution in [0.25, 0.3) is 10.9 Å². The number of hydrogen-bond donors (Lipinski definition) is 1. The molecule has 0 spiro atoms. The maximum atomic E-state index is 14.7. The van der Waals surface area contributed by atoms with Gasteiger partial charge in [-0.15, -0.1) is 0 Å². The second-order valence-electron chi connectivity index (χ2n) is 7.82. The number of nitrogens with zero attached hydrogens (tertiary/aromatic N) is 3. The Morgan fingerprint density at radius 2 is 1.94 bits per heavy atom. The Labute approximate surface area is 178 Å². The molecule has 1 amide bonds. The molecule has 1 fully saturated rings. The fraction of sp³-hybridized carbons (Fsp3) is 0.318. The first-order valence-electron chi connectivity index (χ1n) is 10.0. The van der Waals surface area contributed by atoms with Gasteiger partial charge in [0.2, 0.25) is 5.91 Å². The molecule has 0 saturated carbocycles. The van der Waals surface area contributed by atoms with Crippen LogP contribution in [0.5, 0.6) is 0 Å². The summed E-state index contributed by atoms with van der Waals surface area (Å²) in [5.74, 6) is -0.727. The smallest absolute Gasteiger partial charge is 0.270 e. The summed E-state index contributed by atoms with van der Waals surface area (Å²) < 4.78 is 22.1. The van der Waals surface area contributed by atoms with Crippen LogP contribution in [0.15, 0.2) is 48.7 Å². The summed E-state index contributed by atoms with van der Waals surface area (Å²) in [5.41, 5.74) is 1.55. The Morgan fingerprint density at radius 3 is 2.61 bits per heavy atom. The molecule has 0 aliphatic carbocycles. The standard InChI is InChI=1S/C22H23FN4O4/c1-14-11-26(12-15(2)31-14)21-5-3-17(10-19(21)23)24-22(28)13-25-8-7-16-9-18(27(29)30)4-6-20(16)25/h3-10,14-15H,11-13H2,1-2H3,(H,24,28)/t14-,15-/m1/s1. The number of non-ortho nitro benzene ring substituents is 1. The Hall–Kier alpha value is -3.46. The van der Waals surface area contributed by atoms with Crippen LogP contribution in [0.3, 0.4) is 0 Å². The van der Waals surface area contributed by atoms with E-state index in [-0.39, 0.29) is 30.3 Å². The van der Waals surface area contributed by atoms with Gasteiger partial charge in [0.25, 0.3) is 5.69 Å². The summed E-state index contributed by atoms with van der Waals surface area (Å²) in [6.45, 7) is 5.12. The van der Waals surface area contributed by atoms with Crippen LogP contribution in [0.4, 0.5) is 21.5 Å². The molecule has 0 radical (unpaired) electrons. The first-order chi connectivity index (χ1) is 14.8. The number of morpholine rings is 1. The molecule has 2 atom stereocenters. The highest BCUT2D eigenvalue weighted by Gasteiger charge is 2.24. The van der Waals surface area contributed by atoms with E-state index in [0.29, 0.717) is 35.4 Å². The largest absolute Gasteiger partial charge is 0.372 e. The van der Waals surface area contributed by atoms with Gasteiger partial charge in [-0.1, -0.05) is 0 Å². The van der Waals surface area contributed by atoms with Crippen molar-refractivity contribution >= 4 is 33.9 Å². The highest BCUT2D eigenvalue weighted by Crippen LogP contribution is 2.26. The zero-order chi connectivity index (χ0) is 22.1. The third kappa shape index (κ3) is 4.51. The summed E-state index contributed by atoms with van der Waals surface area (Å²) in [6, 6.07) is 10.9. The highest BCUT2D eigenvalue weighted by atomic mass is 19.1. The minimum atomic E-state index is -0.458. The number of nitrogens with one attached hydrogen (secondary N) is 1. The number of amides is 1.